The minimum Gasteiger partial charge on any atom is -0.339 e. The first-order valence-corrected chi connectivity index (χ1v) is 6.18. The smallest absolute Gasteiger partial charge is 0.253 e. The molecule has 0 bridgehead atoms. The van der Waals surface area contributed by atoms with Gasteiger partial charge in [-0.3, -0.25) is 9.59 Å². The van der Waals surface area contributed by atoms with Crippen molar-refractivity contribution in [3.05, 3.63) is 35.1 Å². The highest BCUT2D eigenvalue weighted by molar-refractivity contribution is 5.95. The van der Waals surface area contributed by atoms with Crippen molar-refractivity contribution in [2.45, 2.75) is 26.7 Å². The summed E-state index contributed by atoms with van der Waals surface area (Å²) in [5, 5.41) is 0. The third kappa shape index (κ3) is 3.39. The lowest BCUT2D eigenvalue weighted by molar-refractivity contribution is 0.0755. The fourth-order valence-corrected chi connectivity index (χ4v) is 1.80. The first-order chi connectivity index (χ1) is 8.63. The van der Waals surface area contributed by atoms with Gasteiger partial charge in [-0.1, -0.05) is 13.8 Å². The van der Waals surface area contributed by atoms with E-state index in [9.17, 15) is 14.0 Å². The number of nitrogens with zero attached hydrogens (tertiary/aromatic N) is 1. The molecule has 3 nitrogen and oxygen atoms in total. The lowest BCUT2D eigenvalue weighted by Crippen LogP contribution is -2.32. The highest BCUT2D eigenvalue weighted by Crippen LogP contribution is 2.12. The van der Waals surface area contributed by atoms with Gasteiger partial charge < -0.3 is 4.90 Å². The molecule has 0 spiro atoms. The van der Waals surface area contributed by atoms with Gasteiger partial charge in [-0.15, -0.1) is 0 Å². The van der Waals surface area contributed by atoms with Gasteiger partial charge in [-0.2, -0.15) is 0 Å². The molecule has 0 aromatic heterocycles. The molecule has 0 radical (unpaired) electrons. The van der Waals surface area contributed by atoms with Crippen LogP contribution in [0.2, 0.25) is 0 Å². The minimum absolute atomic E-state index is 0.0752. The molecule has 0 aliphatic rings. The summed E-state index contributed by atoms with van der Waals surface area (Å²) >= 11 is 0. The second-order valence-corrected chi connectivity index (χ2v) is 4.15. The summed E-state index contributed by atoms with van der Waals surface area (Å²) in [6.07, 6.45) is 2.16. The van der Waals surface area contributed by atoms with Crippen molar-refractivity contribution in [1.29, 1.82) is 0 Å². The van der Waals surface area contributed by atoms with Crippen molar-refractivity contribution in [3.63, 3.8) is 0 Å². The lowest BCUT2D eigenvalue weighted by atomic mass is 10.1. The van der Waals surface area contributed by atoms with Gasteiger partial charge in [-0.25, -0.2) is 4.39 Å². The van der Waals surface area contributed by atoms with Crippen LogP contribution in [0.5, 0.6) is 0 Å². The second-order valence-electron chi connectivity index (χ2n) is 4.15. The van der Waals surface area contributed by atoms with E-state index in [1.807, 2.05) is 13.8 Å². The van der Waals surface area contributed by atoms with Gasteiger partial charge >= 0.3 is 0 Å². The van der Waals surface area contributed by atoms with Crippen LogP contribution in [0.4, 0.5) is 4.39 Å². The molecule has 1 aromatic rings. The number of halogens is 1. The first kappa shape index (κ1) is 14.4. The normalized spacial score (nSPS) is 10.2. The second kappa shape index (κ2) is 6.89. The molecule has 0 saturated heterocycles. The monoisotopic (exact) mass is 251 g/mol. The molecule has 0 heterocycles. The Labute approximate surface area is 107 Å². The van der Waals surface area contributed by atoms with Crippen LogP contribution in [0.15, 0.2) is 18.2 Å². The predicted octanol–water partition coefficient (Wildman–Crippen LogP) is 2.90. The number of hydrogen-bond acceptors (Lipinski definition) is 2. The Balaban J connectivity index is 2.97. The van der Waals surface area contributed by atoms with E-state index in [1.165, 1.54) is 12.1 Å². The third-order valence-corrected chi connectivity index (χ3v) is 2.64. The van der Waals surface area contributed by atoms with Crippen molar-refractivity contribution >= 4 is 12.2 Å². The van der Waals surface area contributed by atoms with Gasteiger partial charge in [0.25, 0.3) is 5.91 Å². The zero-order chi connectivity index (χ0) is 13.5. The molecular formula is C14H18FNO2. The molecule has 0 N–H and O–H groups in total. The van der Waals surface area contributed by atoms with Crippen molar-refractivity contribution in [3.8, 4) is 0 Å². The molecule has 0 saturated carbocycles. The van der Waals surface area contributed by atoms with Crippen molar-refractivity contribution < 1.29 is 14.0 Å². The summed E-state index contributed by atoms with van der Waals surface area (Å²) in [7, 11) is 0. The lowest BCUT2D eigenvalue weighted by Gasteiger charge is -2.21. The summed E-state index contributed by atoms with van der Waals surface area (Å²) in [6.45, 7) is 5.33. The summed E-state index contributed by atoms with van der Waals surface area (Å²) in [6, 6.07) is 3.89. The standard InChI is InChI=1S/C14H18FNO2/c1-3-7-16(8-4-2)14(18)11-5-6-13(15)12(9-11)10-17/h5-6,9-10H,3-4,7-8H2,1-2H3. The number of carbonyl (C=O) groups excluding carboxylic acids is 2. The Morgan fingerprint density at radius 2 is 1.89 bits per heavy atom. The minimum atomic E-state index is -0.598. The maximum absolute atomic E-state index is 13.2. The number of benzene rings is 1. The zero-order valence-corrected chi connectivity index (χ0v) is 10.8. The van der Waals surface area contributed by atoms with Gasteiger partial charge in [0.2, 0.25) is 0 Å². The van der Waals surface area contributed by atoms with E-state index in [0.717, 1.165) is 18.9 Å². The van der Waals surface area contributed by atoms with E-state index in [2.05, 4.69) is 0 Å². The van der Waals surface area contributed by atoms with Crippen molar-refractivity contribution in [2.24, 2.45) is 0 Å². The van der Waals surface area contributed by atoms with E-state index in [4.69, 9.17) is 0 Å². The van der Waals surface area contributed by atoms with E-state index in [-0.39, 0.29) is 11.5 Å². The van der Waals surface area contributed by atoms with Gasteiger partial charge in [-0.05, 0) is 31.0 Å². The first-order valence-electron chi connectivity index (χ1n) is 6.18. The molecule has 0 atom stereocenters. The number of aldehydes is 1. The van der Waals surface area contributed by atoms with E-state index in [1.54, 1.807) is 4.90 Å². The average Bonchev–Trinajstić information content (AvgIpc) is 2.38. The van der Waals surface area contributed by atoms with Crippen LogP contribution in [-0.4, -0.2) is 30.2 Å². The van der Waals surface area contributed by atoms with E-state index in [0.29, 0.717) is 24.9 Å². The van der Waals surface area contributed by atoms with Gasteiger partial charge in [0, 0.05) is 18.7 Å². The largest absolute Gasteiger partial charge is 0.339 e. The Morgan fingerprint density at radius 1 is 1.28 bits per heavy atom. The Kier molecular flexibility index (Phi) is 5.49. The van der Waals surface area contributed by atoms with Crippen LogP contribution in [0.1, 0.15) is 47.4 Å². The molecule has 0 unspecified atom stereocenters. The maximum Gasteiger partial charge on any atom is 0.253 e. The van der Waals surface area contributed by atoms with Gasteiger partial charge in [0.1, 0.15) is 5.82 Å². The van der Waals surface area contributed by atoms with Gasteiger partial charge in [0.05, 0.1) is 5.56 Å². The van der Waals surface area contributed by atoms with Crippen LogP contribution < -0.4 is 0 Å². The van der Waals surface area contributed by atoms with Crippen LogP contribution in [0.3, 0.4) is 0 Å². The number of amides is 1. The summed E-state index contributed by atoms with van der Waals surface area (Å²) < 4.78 is 13.2. The summed E-state index contributed by atoms with van der Waals surface area (Å²) in [5.74, 6) is -0.749. The number of hydrogen-bond donors (Lipinski definition) is 0. The highest BCUT2D eigenvalue weighted by Gasteiger charge is 2.15. The van der Waals surface area contributed by atoms with Crippen LogP contribution in [0.25, 0.3) is 0 Å². The molecule has 98 valence electrons. The molecule has 1 aromatic carbocycles. The molecular weight excluding hydrogens is 233 g/mol. The molecule has 1 rings (SSSR count). The highest BCUT2D eigenvalue weighted by atomic mass is 19.1. The molecule has 4 heteroatoms. The fourth-order valence-electron chi connectivity index (χ4n) is 1.80. The van der Waals surface area contributed by atoms with E-state index >= 15 is 0 Å². The van der Waals surface area contributed by atoms with Crippen LogP contribution >= 0.6 is 0 Å². The van der Waals surface area contributed by atoms with E-state index < -0.39 is 5.82 Å². The quantitative estimate of drug-likeness (QED) is 0.729. The molecule has 0 aliphatic carbocycles. The zero-order valence-electron chi connectivity index (χ0n) is 10.8. The maximum atomic E-state index is 13.2. The molecule has 1 amide bonds. The predicted molar refractivity (Wildman–Crippen MR) is 68.3 cm³/mol. The third-order valence-electron chi connectivity index (χ3n) is 2.64. The Morgan fingerprint density at radius 3 is 2.39 bits per heavy atom. The Hall–Kier alpha value is -1.71. The molecule has 0 aliphatic heterocycles. The number of rotatable bonds is 6. The molecule has 18 heavy (non-hydrogen) atoms. The van der Waals surface area contributed by atoms with Crippen molar-refractivity contribution in [2.75, 3.05) is 13.1 Å². The fraction of sp³-hybridized carbons (Fsp3) is 0.429. The molecule has 0 fully saturated rings. The van der Waals surface area contributed by atoms with Crippen LogP contribution in [0, 0.1) is 5.82 Å². The van der Waals surface area contributed by atoms with Crippen LogP contribution in [-0.2, 0) is 0 Å². The van der Waals surface area contributed by atoms with Crippen molar-refractivity contribution in [1.82, 2.24) is 4.90 Å². The average molecular weight is 251 g/mol. The topological polar surface area (TPSA) is 37.4 Å². The van der Waals surface area contributed by atoms with Gasteiger partial charge in [0.15, 0.2) is 6.29 Å². The summed E-state index contributed by atoms with van der Waals surface area (Å²) in [4.78, 5) is 24.6. The summed E-state index contributed by atoms with van der Waals surface area (Å²) in [5.41, 5.74) is 0.286. The SMILES string of the molecule is CCCN(CCC)C(=O)c1ccc(F)c(C=O)c1. The Bertz CT molecular complexity index is 426. The number of carbonyl (C=O) groups is 2.